The Morgan fingerprint density at radius 1 is 1.29 bits per heavy atom. The molecule has 2 heterocycles. The molecule has 2 rings (SSSR count). The maximum absolute atomic E-state index is 12.6. The molecule has 0 bridgehead atoms. The molecule has 1 aliphatic heterocycles. The van der Waals surface area contributed by atoms with Crippen molar-refractivity contribution in [3.8, 4) is 0 Å². The van der Waals surface area contributed by atoms with E-state index in [0.717, 1.165) is 0 Å². The maximum Gasteiger partial charge on any atom is 0.423 e. The van der Waals surface area contributed by atoms with Crippen LogP contribution in [0.5, 0.6) is 0 Å². The van der Waals surface area contributed by atoms with Crippen LogP contribution in [0.1, 0.15) is 11.8 Å². The van der Waals surface area contributed by atoms with Crippen LogP contribution in [0, 0.1) is 0 Å². The number of nitrogens with one attached hydrogen (secondary N) is 1. The highest BCUT2D eigenvalue weighted by Crippen LogP contribution is 2.30. The summed E-state index contributed by atoms with van der Waals surface area (Å²) in [6.07, 6.45) is -11.1. The Morgan fingerprint density at radius 2 is 1.90 bits per heavy atom. The van der Waals surface area contributed by atoms with Crippen LogP contribution in [0.15, 0.2) is 15.8 Å². The summed E-state index contributed by atoms with van der Waals surface area (Å²) in [6.45, 7) is -0.709. The molecule has 11 heteroatoms. The fraction of sp³-hybridized carbons (Fsp3) is 0.600. The molecule has 0 unspecified atom stereocenters. The summed E-state index contributed by atoms with van der Waals surface area (Å²) in [6, 6.07) is 0. The summed E-state index contributed by atoms with van der Waals surface area (Å²) in [4.78, 5) is 24.2. The van der Waals surface area contributed by atoms with Gasteiger partial charge in [0.15, 0.2) is 6.23 Å². The van der Waals surface area contributed by atoms with E-state index >= 15 is 0 Å². The Bertz CT molecular complexity index is 639. The molecule has 118 valence electrons. The second-order valence-corrected chi connectivity index (χ2v) is 4.44. The third kappa shape index (κ3) is 2.72. The Kier molecular flexibility index (Phi) is 3.93. The molecule has 0 radical (unpaired) electrons. The van der Waals surface area contributed by atoms with Crippen molar-refractivity contribution >= 4 is 0 Å². The number of rotatable bonds is 2. The van der Waals surface area contributed by atoms with E-state index in [1.165, 1.54) is 4.98 Å². The van der Waals surface area contributed by atoms with Crippen molar-refractivity contribution in [2.75, 3.05) is 6.61 Å². The molecule has 1 fully saturated rings. The van der Waals surface area contributed by atoms with Crippen LogP contribution in [0.2, 0.25) is 0 Å². The summed E-state index contributed by atoms with van der Waals surface area (Å²) in [7, 11) is 0. The summed E-state index contributed by atoms with van der Waals surface area (Å²) in [5.41, 5.74) is -4.53. The van der Waals surface area contributed by atoms with Gasteiger partial charge in [-0.2, -0.15) is 13.2 Å². The monoisotopic (exact) mass is 312 g/mol. The third-order valence-corrected chi connectivity index (χ3v) is 3.06. The van der Waals surface area contributed by atoms with E-state index in [4.69, 9.17) is 9.84 Å². The van der Waals surface area contributed by atoms with E-state index in [0.29, 0.717) is 4.57 Å². The number of aromatic nitrogens is 2. The first-order valence-electron chi connectivity index (χ1n) is 5.72. The lowest BCUT2D eigenvalue weighted by atomic mass is 10.1. The zero-order valence-electron chi connectivity index (χ0n) is 10.2. The van der Waals surface area contributed by atoms with Gasteiger partial charge in [-0.3, -0.25) is 14.3 Å². The first-order valence-corrected chi connectivity index (χ1v) is 5.72. The lowest BCUT2D eigenvalue weighted by Gasteiger charge is -2.18. The van der Waals surface area contributed by atoms with Crippen molar-refractivity contribution in [3.63, 3.8) is 0 Å². The van der Waals surface area contributed by atoms with Gasteiger partial charge in [-0.15, -0.1) is 0 Å². The van der Waals surface area contributed by atoms with Gasteiger partial charge in [0.1, 0.15) is 23.9 Å². The second-order valence-electron chi connectivity index (χ2n) is 4.44. The van der Waals surface area contributed by atoms with Gasteiger partial charge in [0.05, 0.1) is 6.61 Å². The number of aliphatic hydroxyl groups is 3. The van der Waals surface area contributed by atoms with Crippen LogP contribution in [0.3, 0.4) is 0 Å². The molecule has 1 saturated heterocycles. The van der Waals surface area contributed by atoms with Crippen LogP contribution in [0.25, 0.3) is 0 Å². The molecule has 0 aliphatic carbocycles. The van der Waals surface area contributed by atoms with Gasteiger partial charge in [-0.25, -0.2) is 4.79 Å². The molecule has 0 spiro atoms. The number of ether oxygens (including phenoxy) is 1. The van der Waals surface area contributed by atoms with E-state index in [1.807, 2.05) is 0 Å². The lowest BCUT2D eigenvalue weighted by Crippen LogP contribution is -2.40. The van der Waals surface area contributed by atoms with Gasteiger partial charge in [0.25, 0.3) is 5.56 Å². The van der Waals surface area contributed by atoms with Gasteiger partial charge in [0.2, 0.25) is 0 Å². The van der Waals surface area contributed by atoms with E-state index in [-0.39, 0.29) is 6.20 Å². The van der Waals surface area contributed by atoms with Crippen molar-refractivity contribution in [3.05, 3.63) is 32.6 Å². The zero-order chi connectivity index (χ0) is 15.9. The molecular weight excluding hydrogens is 301 g/mol. The van der Waals surface area contributed by atoms with Crippen molar-refractivity contribution in [1.29, 1.82) is 0 Å². The predicted molar refractivity (Wildman–Crippen MR) is 59.3 cm³/mol. The van der Waals surface area contributed by atoms with Gasteiger partial charge >= 0.3 is 11.9 Å². The highest BCUT2D eigenvalue weighted by molar-refractivity contribution is 5.10. The van der Waals surface area contributed by atoms with Crippen LogP contribution in [-0.2, 0) is 10.9 Å². The van der Waals surface area contributed by atoms with Crippen LogP contribution in [-0.4, -0.2) is 49.8 Å². The van der Waals surface area contributed by atoms with Crippen LogP contribution in [0.4, 0.5) is 13.2 Å². The van der Waals surface area contributed by atoms with Crippen LogP contribution >= 0.6 is 0 Å². The Morgan fingerprint density at radius 3 is 2.38 bits per heavy atom. The molecule has 1 aromatic rings. The van der Waals surface area contributed by atoms with E-state index < -0.39 is 54.1 Å². The SMILES string of the molecule is O=c1[nH]c(=O)n([C@@H]2O[C@H](CO)[C@H](O)[C@@H]2O)cc1C(F)(F)F. The minimum Gasteiger partial charge on any atom is -0.394 e. The normalized spacial score (nSPS) is 29.8. The molecular formula is C10H11F3N2O6. The summed E-state index contributed by atoms with van der Waals surface area (Å²) < 4.78 is 43.2. The molecule has 0 aromatic carbocycles. The van der Waals surface area contributed by atoms with Crippen LogP contribution < -0.4 is 11.2 Å². The quantitative estimate of drug-likeness (QED) is 0.509. The largest absolute Gasteiger partial charge is 0.423 e. The molecule has 8 nitrogen and oxygen atoms in total. The van der Waals surface area contributed by atoms with Gasteiger partial charge in [0, 0.05) is 6.20 Å². The lowest BCUT2D eigenvalue weighted by molar-refractivity contribution is -0.140. The fourth-order valence-electron chi connectivity index (χ4n) is 1.99. The Hall–Kier alpha value is -1.69. The number of H-pyrrole nitrogens is 1. The minimum atomic E-state index is -5.01. The third-order valence-electron chi connectivity index (χ3n) is 3.06. The number of aliphatic hydroxyl groups excluding tert-OH is 3. The summed E-state index contributed by atoms with van der Waals surface area (Å²) >= 11 is 0. The number of hydrogen-bond donors (Lipinski definition) is 4. The average molecular weight is 312 g/mol. The van der Waals surface area contributed by atoms with E-state index in [1.54, 1.807) is 0 Å². The maximum atomic E-state index is 12.6. The molecule has 0 amide bonds. The predicted octanol–water partition coefficient (Wildman–Crippen LogP) is -1.83. The highest BCUT2D eigenvalue weighted by Gasteiger charge is 2.44. The van der Waals surface area contributed by atoms with Gasteiger partial charge < -0.3 is 20.1 Å². The topological polar surface area (TPSA) is 125 Å². The van der Waals surface area contributed by atoms with Gasteiger partial charge in [-0.05, 0) is 0 Å². The number of hydrogen-bond acceptors (Lipinski definition) is 6. The smallest absolute Gasteiger partial charge is 0.394 e. The first kappa shape index (κ1) is 15.7. The number of alkyl halides is 3. The second kappa shape index (κ2) is 5.26. The molecule has 4 atom stereocenters. The number of aromatic amines is 1. The zero-order valence-corrected chi connectivity index (χ0v) is 10.2. The molecule has 4 N–H and O–H groups in total. The van der Waals surface area contributed by atoms with Crippen molar-refractivity contribution < 1.29 is 33.2 Å². The summed E-state index contributed by atoms with van der Waals surface area (Å²) in [5, 5.41) is 28.1. The number of halogens is 3. The molecule has 1 aliphatic rings. The minimum absolute atomic E-state index is 0.196. The Balaban J connectivity index is 2.50. The van der Waals surface area contributed by atoms with Crippen molar-refractivity contribution in [1.82, 2.24) is 9.55 Å². The first-order chi connectivity index (χ1) is 9.66. The molecule has 21 heavy (non-hydrogen) atoms. The standard InChI is InChI=1S/C10H11F3N2O6/c11-10(12,13)3-1-15(9(20)14-7(3)19)8-6(18)5(17)4(2-16)21-8/h1,4-6,8,16-18H,2H2,(H,14,19,20)/t4-,5+,6+,8-/m1/s1. The van der Waals surface area contributed by atoms with Gasteiger partial charge in [-0.1, -0.05) is 0 Å². The molecule has 0 saturated carbocycles. The molecule has 1 aromatic heterocycles. The average Bonchev–Trinajstić information content (AvgIpc) is 2.65. The number of nitrogens with zero attached hydrogens (tertiary/aromatic N) is 1. The Labute approximate surface area is 114 Å². The van der Waals surface area contributed by atoms with Crippen molar-refractivity contribution in [2.45, 2.75) is 30.7 Å². The van der Waals surface area contributed by atoms with E-state index in [2.05, 4.69) is 0 Å². The highest BCUT2D eigenvalue weighted by atomic mass is 19.4. The fourth-order valence-corrected chi connectivity index (χ4v) is 1.99. The van der Waals surface area contributed by atoms with Crippen molar-refractivity contribution in [2.24, 2.45) is 0 Å². The van der Waals surface area contributed by atoms with E-state index in [9.17, 15) is 33.0 Å². The summed E-state index contributed by atoms with van der Waals surface area (Å²) in [5.74, 6) is 0.